The van der Waals surface area contributed by atoms with Crippen LogP contribution in [0.2, 0.25) is 0 Å². The van der Waals surface area contributed by atoms with Crippen molar-refractivity contribution in [2.45, 2.75) is 12.8 Å². The van der Waals surface area contributed by atoms with Crippen LogP contribution in [-0.2, 0) is 4.74 Å². The molecule has 0 N–H and O–H groups in total. The SMILES string of the molecule is O=C(c1ccc2ncccc2c1)C1CCCOC1. The number of rotatable bonds is 2. The normalized spacial score (nSPS) is 19.9. The molecule has 1 aliphatic rings. The van der Waals surface area contributed by atoms with Gasteiger partial charge in [-0.25, -0.2) is 0 Å². The molecule has 0 amide bonds. The van der Waals surface area contributed by atoms with Crippen LogP contribution >= 0.6 is 0 Å². The third-order valence-corrected chi connectivity index (χ3v) is 3.42. The number of hydrogen-bond acceptors (Lipinski definition) is 3. The molecule has 0 bridgehead atoms. The highest BCUT2D eigenvalue weighted by molar-refractivity contribution is 6.00. The maximum atomic E-state index is 12.3. The molecule has 18 heavy (non-hydrogen) atoms. The van der Waals surface area contributed by atoms with Gasteiger partial charge in [0.05, 0.1) is 12.1 Å². The van der Waals surface area contributed by atoms with Gasteiger partial charge < -0.3 is 4.74 Å². The molecule has 1 saturated heterocycles. The van der Waals surface area contributed by atoms with Gasteiger partial charge in [-0.1, -0.05) is 6.07 Å². The fraction of sp³-hybridized carbons (Fsp3) is 0.333. The van der Waals surface area contributed by atoms with Gasteiger partial charge in [0.1, 0.15) is 0 Å². The minimum atomic E-state index is 0.0212. The summed E-state index contributed by atoms with van der Waals surface area (Å²) in [5.41, 5.74) is 1.69. The van der Waals surface area contributed by atoms with Crippen molar-refractivity contribution in [1.82, 2.24) is 4.98 Å². The van der Waals surface area contributed by atoms with Crippen molar-refractivity contribution in [1.29, 1.82) is 0 Å². The van der Waals surface area contributed by atoms with E-state index in [-0.39, 0.29) is 11.7 Å². The predicted octanol–water partition coefficient (Wildman–Crippen LogP) is 2.84. The number of Topliss-reactive ketones (excluding diaryl/α,β-unsaturated/α-hetero) is 1. The first-order valence-electron chi connectivity index (χ1n) is 6.31. The summed E-state index contributed by atoms with van der Waals surface area (Å²) in [6.45, 7) is 1.34. The summed E-state index contributed by atoms with van der Waals surface area (Å²) < 4.78 is 5.38. The van der Waals surface area contributed by atoms with E-state index in [1.165, 1.54) is 0 Å². The third kappa shape index (κ3) is 2.14. The first-order chi connectivity index (χ1) is 8.84. The number of carbonyl (C=O) groups excluding carboxylic acids is 1. The van der Waals surface area contributed by atoms with Crippen LogP contribution in [0.3, 0.4) is 0 Å². The summed E-state index contributed by atoms with van der Waals surface area (Å²) in [5, 5.41) is 1.01. The van der Waals surface area contributed by atoms with Gasteiger partial charge in [0, 0.05) is 29.7 Å². The van der Waals surface area contributed by atoms with E-state index in [1.54, 1.807) is 6.20 Å². The lowest BCUT2D eigenvalue weighted by molar-refractivity contribution is 0.0461. The average Bonchev–Trinajstić information content (AvgIpc) is 2.47. The molecule has 0 aliphatic carbocycles. The summed E-state index contributed by atoms with van der Waals surface area (Å²) in [6.07, 6.45) is 3.67. The highest BCUT2D eigenvalue weighted by Gasteiger charge is 2.22. The molecule has 92 valence electrons. The Morgan fingerprint density at radius 3 is 3.11 bits per heavy atom. The molecule has 2 heterocycles. The van der Waals surface area contributed by atoms with E-state index in [0.717, 1.165) is 35.9 Å². The fourth-order valence-electron chi connectivity index (χ4n) is 2.41. The number of nitrogens with zero attached hydrogens (tertiary/aromatic N) is 1. The number of ketones is 1. The minimum absolute atomic E-state index is 0.0212. The second kappa shape index (κ2) is 4.86. The van der Waals surface area contributed by atoms with Crippen molar-refractivity contribution in [3.05, 3.63) is 42.1 Å². The lowest BCUT2D eigenvalue weighted by atomic mass is 9.92. The zero-order valence-electron chi connectivity index (χ0n) is 10.1. The molecular weight excluding hydrogens is 226 g/mol. The third-order valence-electron chi connectivity index (χ3n) is 3.42. The van der Waals surface area contributed by atoms with E-state index in [1.807, 2.05) is 30.3 Å². The Morgan fingerprint density at radius 2 is 2.28 bits per heavy atom. The summed E-state index contributed by atoms with van der Waals surface area (Å²) >= 11 is 0. The summed E-state index contributed by atoms with van der Waals surface area (Å²) in [6, 6.07) is 9.58. The van der Waals surface area contributed by atoms with Gasteiger partial charge in [-0.05, 0) is 37.1 Å². The van der Waals surface area contributed by atoms with Crippen LogP contribution in [0.25, 0.3) is 10.9 Å². The van der Waals surface area contributed by atoms with Gasteiger partial charge in [0.2, 0.25) is 0 Å². The molecule has 1 aromatic heterocycles. The first kappa shape index (κ1) is 11.4. The van der Waals surface area contributed by atoms with E-state index in [9.17, 15) is 4.79 Å². The highest BCUT2D eigenvalue weighted by Crippen LogP contribution is 2.21. The predicted molar refractivity (Wildman–Crippen MR) is 69.6 cm³/mol. The van der Waals surface area contributed by atoms with E-state index >= 15 is 0 Å². The number of aromatic nitrogens is 1. The average molecular weight is 241 g/mol. The zero-order chi connectivity index (χ0) is 12.4. The Balaban J connectivity index is 1.91. The van der Waals surface area contributed by atoms with Gasteiger partial charge in [-0.2, -0.15) is 0 Å². The van der Waals surface area contributed by atoms with Crippen molar-refractivity contribution in [3.8, 4) is 0 Å². The molecule has 1 aromatic carbocycles. The topological polar surface area (TPSA) is 39.2 Å². The van der Waals surface area contributed by atoms with Crippen LogP contribution in [0.1, 0.15) is 23.2 Å². The summed E-state index contributed by atoms with van der Waals surface area (Å²) in [5.74, 6) is 0.216. The summed E-state index contributed by atoms with van der Waals surface area (Å²) in [4.78, 5) is 16.6. The largest absolute Gasteiger partial charge is 0.381 e. The molecule has 0 saturated carbocycles. The number of carbonyl (C=O) groups is 1. The number of fused-ring (bicyclic) bond motifs is 1. The molecule has 0 spiro atoms. The van der Waals surface area contributed by atoms with E-state index < -0.39 is 0 Å². The number of ether oxygens (including phenoxy) is 1. The van der Waals surface area contributed by atoms with Crippen molar-refractivity contribution < 1.29 is 9.53 Å². The molecule has 3 rings (SSSR count). The Labute approximate surface area is 106 Å². The minimum Gasteiger partial charge on any atom is -0.381 e. The molecule has 1 aliphatic heterocycles. The molecule has 1 unspecified atom stereocenters. The molecule has 0 radical (unpaired) electrons. The van der Waals surface area contributed by atoms with Crippen LogP contribution in [0.15, 0.2) is 36.5 Å². The second-order valence-corrected chi connectivity index (χ2v) is 4.69. The van der Waals surface area contributed by atoms with Gasteiger partial charge in [0.25, 0.3) is 0 Å². The Bertz CT molecular complexity index is 573. The van der Waals surface area contributed by atoms with E-state index in [4.69, 9.17) is 4.74 Å². The number of pyridine rings is 1. The molecule has 3 nitrogen and oxygen atoms in total. The van der Waals surface area contributed by atoms with Gasteiger partial charge in [-0.3, -0.25) is 9.78 Å². The van der Waals surface area contributed by atoms with Crippen LogP contribution in [-0.4, -0.2) is 24.0 Å². The van der Waals surface area contributed by atoms with Crippen LogP contribution in [0, 0.1) is 5.92 Å². The molecule has 3 heteroatoms. The zero-order valence-corrected chi connectivity index (χ0v) is 10.1. The fourth-order valence-corrected chi connectivity index (χ4v) is 2.41. The van der Waals surface area contributed by atoms with Gasteiger partial charge in [0.15, 0.2) is 5.78 Å². The second-order valence-electron chi connectivity index (χ2n) is 4.69. The molecule has 1 fully saturated rings. The van der Waals surface area contributed by atoms with Crippen LogP contribution in [0.5, 0.6) is 0 Å². The van der Waals surface area contributed by atoms with Crippen molar-refractivity contribution in [2.24, 2.45) is 5.92 Å². The Kier molecular flexibility index (Phi) is 3.07. The van der Waals surface area contributed by atoms with Crippen LogP contribution < -0.4 is 0 Å². The quantitative estimate of drug-likeness (QED) is 0.759. The highest BCUT2D eigenvalue weighted by atomic mass is 16.5. The van der Waals surface area contributed by atoms with Gasteiger partial charge >= 0.3 is 0 Å². The van der Waals surface area contributed by atoms with E-state index in [0.29, 0.717) is 6.61 Å². The molecular formula is C15H15NO2. The Hall–Kier alpha value is -1.74. The van der Waals surface area contributed by atoms with Gasteiger partial charge in [-0.15, -0.1) is 0 Å². The molecule has 1 atom stereocenters. The van der Waals surface area contributed by atoms with Crippen molar-refractivity contribution in [2.75, 3.05) is 13.2 Å². The maximum Gasteiger partial charge on any atom is 0.168 e. The molecule has 2 aromatic rings. The summed E-state index contributed by atoms with van der Waals surface area (Å²) in [7, 11) is 0. The van der Waals surface area contributed by atoms with Crippen molar-refractivity contribution >= 4 is 16.7 Å². The standard InChI is InChI=1S/C15H15NO2/c17-15(13-4-2-8-18-10-13)12-5-6-14-11(9-12)3-1-7-16-14/h1,3,5-7,9,13H,2,4,8,10H2. The maximum absolute atomic E-state index is 12.3. The monoisotopic (exact) mass is 241 g/mol. The first-order valence-corrected chi connectivity index (χ1v) is 6.31. The lowest BCUT2D eigenvalue weighted by Crippen LogP contribution is -2.25. The number of hydrogen-bond donors (Lipinski definition) is 0. The van der Waals surface area contributed by atoms with Crippen molar-refractivity contribution in [3.63, 3.8) is 0 Å². The Morgan fingerprint density at radius 1 is 1.33 bits per heavy atom. The smallest absolute Gasteiger partial charge is 0.168 e. The van der Waals surface area contributed by atoms with E-state index in [2.05, 4.69) is 4.98 Å². The number of benzene rings is 1. The lowest BCUT2D eigenvalue weighted by Gasteiger charge is -2.20. The van der Waals surface area contributed by atoms with Crippen LogP contribution in [0.4, 0.5) is 0 Å².